The Morgan fingerprint density at radius 2 is 2.08 bits per heavy atom. The van der Waals surface area contributed by atoms with Crippen LogP contribution in [0.1, 0.15) is 51.0 Å². The molecule has 2 N–H and O–H groups in total. The molecule has 0 aromatic heterocycles. The third-order valence-electron chi connectivity index (χ3n) is 5.12. The minimum Gasteiger partial charge on any atom is -0.490 e. The number of ether oxygens (including phenoxy) is 1. The highest BCUT2D eigenvalue weighted by Gasteiger charge is 2.25. The van der Waals surface area contributed by atoms with Gasteiger partial charge in [0.05, 0.1) is 6.10 Å². The van der Waals surface area contributed by atoms with Crippen molar-refractivity contribution < 1.29 is 4.74 Å². The summed E-state index contributed by atoms with van der Waals surface area (Å²) in [7, 11) is 1.85. The summed E-state index contributed by atoms with van der Waals surface area (Å²) in [5, 5.41) is 7.86. The van der Waals surface area contributed by atoms with Gasteiger partial charge in [0.1, 0.15) is 5.75 Å². The Labute approximate surface area is 156 Å². The van der Waals surface area contributed by atoms with Crippen LogP contribution in [0, 0.1) is 0 Å². The van der Waals surface area contributed by atoms with Crippen molar-refractivity contribution in [1.29, 1.82) is 0 Å². The third-order valence-corrected chi connectivity index (χ3v) is 6.35. The Hall–Kier alpha value is -1.36. The van der Waals surface area contributed by atoms with Gasteiger partial charge in [0.15, 0.2) is 5.96 Å². The average molecular weight is 362 g/mol. The largest absolute Gasteiger partial charge is 0.490 e. The number of aliphatic imine (C=N–C) groups is 1. The first kappa shape index (κ1) is 18.4. The van der Waals surface area contributed by atoms with E-state index in [9.17, 15) is 0 Å². The average Bonchev–Trinajstić information content (AvgIpc) is 3.03. The van der Waals surface area contributed by atoms with Gasteiger partial charge in [-0.15, -0.1) is 0 Å². The lowest BCUT2D eigenvalue weighted by Gasteiger charge is -2.27. The molecule has 0 radical (unpaired) electrons. The van der Waals surface area contributed by atoms with E-state index in [2.05, 4.69) is 58.6 Å². The number of rotatable bonds is 7. The minimum atomic E-state index is 0.407. The van der Waals surface area contributed by atoms with Gasteiger partial charge < -0.3 is 15.4 Å². The van der Waals surface area contributed by atoms with E-state index in [0.717, 1.165) is 23.5 Å². The highest BCUT2D eigenvalue weighted by Crippen LogP contribution is 2.30. The number of para-hydroxylation sites is 1. The fourth-order valence-electron chi connectivity index (χ4n) is 3.46. The highest BCUT2D eigenvalue weighted by atomic mass is 32.2. The van der Waals surface area contributed by atoms with Crippen LogP contribution in [0.2, 0.25) is 0 Å². The summed E-state index contributed by atoms with van der Waals surface area (Å²) in [5.41, 5.74) is 1.20. The summed E-state index contributed by atoms with van der Waals surface area (Å²) in [6.07, 6.45) is 7.85. The molecule has 1 aromatic rings. The van der Waals surface area contributed by atoms with Gasteiger partial charge in [0, 0.05) is 30.4 Å². The van der Waals surface area contributed by atoms with Gasteiger partial charge >= 0.3 is 0 Å². The molecule has 2 unspecified atom stereocenters. The van der Waals surface area contributed by atoms with Crippen LogP contribution < -0.4 is 15.4 Å². The summed E-state index contributed by atoms with van der Waals surface area (Å²) in [5.74, 6) is 3.11. The van der Waals surface area contributed by atoms with Crippen molar-refractivity contribution in [1.82, 2.24) is 10.6 Å². The van der Waals surface area contributed by atoms with E-state index in [1.54, 1.807) is 0 Å². The molecule has 2 aliphatic rings. The van der Waals surface area contributed by atoms with Gasteiger partial charge in [-0.3, -0.25) is 4.99 Å². The number of hydrogen-bond donors (Lipinski definition) is 2. The molecule has 4 nitrogen and oxygen atoms in total. The first-order chi connectivity index (χ1) is 12.3. The summed E-state index contributed by atoms with van der Waals surface area (Å²) in [6.45, 7) is 2.98. The highest BCUT2D eigenvalue weighted by molar-refractivity contribution is 7.99. The zero-order chi connectivity index (χ0) is 17.5. The fraction of sp³-hybridized carbons (Fsp3) is 0.650. The number of nitrogens with one attached hydrogen (secondary N) is 2. The molecule has 0 spiro atoms. The van der Waals surface area contributed by atoms with Gasteiger partial charge in [0.25, 0.3) is 0 Å². The van der Waals surface area contributed by atoms with Gasteiger partial charge in [-0.25, -0.2) is 0 Å². The lowest BCUT2D eigenvalue weighted by Crippen LogP contribution is -2.42. The summed E-state index contributed by atoms with van der Waals surface area (Å²) >= 11 is 2.09. The Kier molecular flexibility index (Phi) is 6.91. The maximum atomic E-state index is 6.12. The molecule has 3 rings (SSSR count). The molecular formula is C20H31N3OS. The van der Waals surface area contributed by atoms with E-state index in [4.69, 9.17) is 4.74 Å². The Bertz CT molecular complexity index is 574. The van der Waals surface area contributed by atoms with Crippen molar-refractivity contribution in [2.24, 2.45) is 4.99 Å². The molecule has 0 bridgehead atoms. The second kappa shape index (κ2) is 9.37. The van der Waals surface area contributed by atoms with Crippen molar-refractivity contribution in [3.05, 3.63) is 29.8 Å². The van der Waals surface area contributed by atoms with Crippen LogP contribution in [-0.4, -0.2) is 36.2 Å². The molecule has 5 heteroatoms. The number of guanidine groups is 1. The second-order valence-corrected chi connectivity index (χ2v) is 8.51. The van der Waals surface area contributed by atoms with Gasteiger partial charge in [-0.05, 0) is 50.3 Å². The first-order valence-corrected chi connectivity index (χ1v) is 10.7. The Balaban J connectivity index is 1.50. The van der Waals surface area contributed by atoms with E-state index in [-0.39, 0.29) is 0 Å². The summed E-state index contributed by atoms with van der Waals surface area (Å²) < 4.78 is 6.12. The molecule has 138 valence electrons. The van der Waals surface area contributed by atoms with Crippen LogP contribution in [0.3, 0.4) is 0 Å². The van der Waals surface area contributed by atoms with Crippen LogP contribution >= 0.6 is 11.8 Å². The predicted molar refractivity (Wildman–Crippen MR) is 108 cm³/mol. The van der Waals surface area contributed by atoms with Crippen LogP contribution in [0.25, 0.3) is 0 Å². The Morgan fingerprint density at radius 3 is 2.80 bits per heavy atom. The van der Waals surface area contributed by atoms with Crippen LogP contribution in [0.15, 0.2) is 29.3 Å². The van der Waals surface area contributed by atoms with Crippen molar-refractivity contribution in [2.75, 3.05) is 12.8 Å². The monoisotopic (exact) mass is 361 g/mol. The van der Waals surface area contributed by atoms with E-state index in [1.165, 1.54) is 49.8 Å². The van der Waals surface area contributed by atoms with Crippen molar-refractivity contribution in [2.45, 2.75) is 69.4 Å². The van der Waals surface area contributed by atoms with Gasteiger partial charge in [-0.1, -0.05) is 25.1 Å². The molecule has 1 aromatic carbocycles. The molecule has 2 atom stereocenters. The quantitative estimate of drug-likeness (QED) is 0.570. The standard InChI is InChI=1S/C20H31N3OS/c1-3-25-18-12-11-16(13-18)23-20(21-2)22-14-15-7-4-5-10-19(15)24-17-8-6-9-17/h4-5,7,10,16-18H,3,6,8-9,11-14H2,1-2H3,(H2,21,22,23). The number of benzene rings is 1. The normalized spacial score (nSPS) is 24.0. The topological polar surface area (TPSA) is 45.7 Å². The molecule has 2 aliphatic carbocycles. The maximum Gasteiger partial charge on any atom is 0.191 e. The molecule has 2 saturated carbocycles. The van der Waals surface area contributed by atoms with Crippen LogP contribution in [0.5, 0.6) is 5.75 Å². The molecule has 2 fully saturated rings. The minimum absolute atomic E-state index is 0.407. The lowest BCUT2D eigenvalue weighted by molar-refractivity contribution is 0.119. The molecule has 25 heavy (non-hydrogen) atoms. The Morgan fingerprint density at radius 1 is 1.24 bits per heavy atom. The van der Waals surface area contributed by atoms with E-state index in [0.29, 0.717) is 12.1 Å². The molecule has 0 amide bonds. The molecular weight excluding hydrogens is 330 g/mol. The number of hydrogen-bond acceptors (Lipinski definition) is 3. The predicted octanol–water partition coefficient (Wildman–Crippen LogP) is 3.96. The molecule has 0 saturated heterocycles. The van der Waals surface area contributed by atoms with Crippen LogP contribution in [0.4, 0.5) is 0 Å². The van der Waals surface area contributed by atoms with Crippen LogP contribution in [-0.2, 0) is 6.54 Å². The zero-order valence-corrected chi connectivity index (χ0v) is 16.3. The summed E-state index contributed by atoms with van der Waals surface area (Å²) in [4.78, 5) is 4.40. The van der Waals surface area contributed by atoms with E-state index < -0.39 is 0 Å². The van der Waals surface area contributed by atoms with E-state index >= 15 is 0 Å². The van der Waals surface area contributed by atoms with Gasteiger partial charge in [0.2, 0.25) is 0 Å². The molecule has 0 aliphatic heterocycles. The number of nitrogens with zero attached hydrogens (tertiary/aromatic N) is 1. The molecule has 0 heterocycles. The first-order valence-electron chi connectivity index (χ1n) is 9.61. The maximum absolute atomic E-state index is 6.12. The SMILES string of the molecule is CCSC1CCC(NC(=NC)NCc2ccccc2OC2CCC2)C1. The van der Waals surface area contributed by atoms with Crippen molar-refractivity contribution >= 4 is 17.7 Å². The third kappa shape index (κ3) is 5.30. The lowest BCUT2D eigenvalue weighted by atomic mass is 9.96. The van der Waals surface area contributed by atoms with Gasteiger partial charge in [-0.2, -0.15) is 11.8 Å². The van der Waals surface area contributed by atoms with Crippen molar-refractivity contribution in [3.63, 3.8) is 0 Å². The zero-order valence-electron chi connectivity index (χ0n) is 15.5. The summed E-state index contributed by atoms with van der Waals surface area (Å²) in [6, 6.07) is 8.88. The number of thioether (sulfide) groups is 1. The fourth-order valence-corrected chi connectivity index (χ4v) is 4.60. The second-order valence-electron chi connectivity index (χ2n) is 6.94. The van der Waals surface area contributed by atoms with Crippen molar-refractivity contribution in [3.8, 4) is 5.75 Å². The smallest absolute Gasteiger partial charge is 0.191 e. The van der Waals surface area contributed by atoms with E-state index in [1.807, 2.05) is 7.05 Å².